The normalized spacial score (nSPS) is 14.5. The van der Waals surface area contributed by atoms with E-state index in [2.05, 4.69) is 5.32 Å². The lowest BCUT2D eigenvalue weighted by molar-refractivity contribution is -0.116. The van der Waals surface area contributed by atoms with Crippen LogP contribution >= 0.6 is 11.6 Å². The van der Waals surface area contributed by atoms with Crippen LogP contribution in [0.4, 0.5) is 5.69 Å². The van der Waals surface area contributed by atoms with Crippen LogP contribution in [0.1, 0.15) is 29.2 Å². The summed E-state index contributed by atoms with van der Waals surface area (Å²) in [6.07, 6.45) is 0. The number of carbonyl (C=O) groups is 1. The first-order chi connectivity index (χ1) is 16.7. The molecule has 6 nitrogen and oxygen atoms in total. The summed E-state index contributed by atoms with van der Waals surface area (Å²) in [7, 11) is -4.12. The number of aryl methyl sites for hydroxylation is 2. The van der Waals surface area contributed by atoms with Crippen molar-refractivity contribution in [3.05, 3.63) is 98.9 Å². The molecule has 0 atom stereocenters. The molecule has 1 N–H and O–H groups in total. The molecule has 1 heterocycles. The SMILES string of the molecule is CCN1c2ccc(Cl)cc2C(c2ccccc2)=C(C(=O)NCCOc2ccc(C)cc2C)S1(=O)=O. The topological polar surface area (TPSA) is 75.7 Å². The van der Waals surface area contributed by atoms with Gasteiger partial charge in [0.25, 0.3) is 15.9 Å². The van der Waals surface area contributed by atoms with Crippen LogP contribution in [0.3, 0.4) is 0 Å². The summed E-state index contributed by atoms with van der Waals surface area (Å²) in [5.74, 6) is 0.0391. The largest absolute Gasteiger partial charge is 0.491 e. The Morgan fingerprint density at radius 2 is 1.77 bits per heavy atom. The highest BCUT2D eigenvalue weighted by Gasteiger charge is 2.40. The van der Waals surface area contributed by atoms with Crippen molar-refractivity contribution in [2.24, 2.45) is 0 Å². The number of nitrogens with one attached hydrogen (secondary N) is 1. The van der Waals surface area contributed by atoms with Crippen LogP contribution in [-0.4, -0.2) is 34.0 Å². The van der Waals surface area contributed by atoms with Crippen molar-refractivity contribution >= 4 is 38.8 Å². The predicted octanol–water partition coefficient (Wildman–Crippen LogP) is 5.08. The Labute approximate surface area is 211 Å². The van der Waals surface area contributed by atoms with E-state index in [0.29, 0.717) is 27.4 Å². The number of hydrogen-bond acceptors (Lipinski definition) is 4. The van der Waals surface area contributed by atoms with Crippen molar-refractivity contribution in [1.82, 2.24) is 5.32 Å². The molecule has 1 amide bonds. The number of ether oxygens (including phenoxy) is 1. The van der Waals surface area contributed by atoms with Crippen LogP contribution in [0.25, 0.3) is 5.57 Å². The summed E-state index contributed by atoms with van der Waals surface area (Å²) in [6.45, 7) is 6.20. The lowest BCUT2D eigenvalue weighted by atomic mass is 9.95. The molecular weight excluding hydrogens is 484 g/mol. The Hall–Kier alpha value is -3.29. The monoisotopic (exact) mass is 510 g/mol. The van der Waals surface area contributed by atoms with E-state index in [0.717, 1.165) is 16.9 Å². The predicted molar refractivity (Wildman–Crippen MR) is 140 cm³/mol. The second-order valence-corrected chi connectivity index (χ2v) is 10.5. The van der Waals surface area contributed by atoms with Gasteiger partial charge in [0.05, 0.1) is 12.2 Å². The van der Waals surface area contributed by atoms with Crippen molar-refractivity contribution in [2.45, 2.75) is 20.8 Å². The molecule has 1 aliphatic rings. The molecule has 0 spiro atoms. The molecule has 0 bridgehead atoms. The first-order valence-corrected chi connectivity index (χ1v) is 13.2. The standard InChI is InChI=1S/C27H27ClN2O4S/c1-4-30-23-12-11-21(28)17-22(23)25(20-8-6-5-7-9-20)26(35(30,32)33)27(31)29-14-15-34-24-13-10-18(2)16-19(24)3/h5-13,16-17H,4,14-15H2,1-3H3,(H,29,31). The molecule has 0 fully saturated rings. The van der Waals surface area contributed by atoms with E-state index in [1.54, 1.807) is 49.4 Å². The Morgan fingerprint density at radius 1 is 1.03 bits per heavy atom. The van der Waals surface area contributed by atoms with Gasteiger partial charge in [-0.3, -0.25) is 9.10 Å². The molecule has 8 heteroatoms. The van der Waals surface area contributed by atoms with Gasteiger partial charge in [-0.05, 0) is 56.2 Å². The maximum Gasteiger partial charge on any atom is 0.270 e. The van der Waals surface area contributed by atoms with E-state index in [-0.39, 0.29) is 24.6 Å². The van der Waals surface area contributed by atoms with Gasteiger partial charge in [-0.2, -0.15) is 0 Å². The van der Waals surface area contributed by atoms with E-state index in [1.807, 2.05) is 38.1 Å². The molecule has 0 unspecified atom stereocenters. The summed E-state index contributed by atoms with van der Waals surface area (Å²) in [5.41, 5.74) is 4.16. The fourth-order valence-corrected chi connectivity index (χ4v) is 6.19. The summed E-state index contributed by atoms with van der Waals surface area (Å²) in [4.78, 5) is 13.1. The zero-order chi connectivity index (χ0) is 25.2. The van der Waals surface area contributed by atoms with Crippen LogP contribution in [0.2, 0.25) is 5.02 Å². The number of amides is 1. The van der Waals surface area contributed by atoms with Gasteiger partial charge in [0.15, 0.2) is 4.91 Å². The number of sulfonamides is 1. The van der Waals surface area contributed by atoms with Crippen molar-refractivity contribution < 1.29 is 17.9 Å². The summed E-state index contributed by atoms with van der Waals surface area (Å²) >= 11 is 6.29. The highest BCUT2D eigenvalue weighted by molar-refractivity contribution is 7.97. The number of halogens is 1. The molecule has 4 rings (SSSR count). The molecule has 0 saturated heterocycles. The van der Waals surface area contributed by atoms with E-state index in [9.17, 15) is 13.2 Å². The number of fused-ring (bicyclic) bond motifs is 1. The van der Waals surface area contributed by atoms with Gasteiger partial charge >= 0.3 is 0 Å². The fourth-order valence-electron chi connectivity index (χ4n) is 4.25. The van der Waals surface area contributed by atoms with E-state index in [1.165, 1.54) is 4.31 Å². The molecule has 0 aromatic heterocycles. The van der Waals surface area contributed by atoms with Gasteiger partial charge in [0, 0.05) is 22.7 Å². The van der Waals surface area contributed by atoms with Gasteiger partial charge in [0.1, 0.15) is 12.4 Å². The average Bonchev–Trinajstić information content (AvgIpc) is 2.82. The van der Waals surface area contributed by atoms with Crippen molar-refractivity contribution in [1.29, 1.82) is 0 Å². The van der Waals surface area contributed by atoms with Gasteiger partial charge in [-0.1, -0.05) is 59.6 Å². The third-order valence-electron chi connectivity index (χ3n) is 5.80. The fraction of sp³-hybridized carbons (Fsp3) is 0.222. The van der Waals surface area contributed by atoms with Gasteiger partial charge in [-0.15, -0.1) is 0 Å². The summed E-state index contributed by atoms with van der Waals surface area (Å²) in [6, 6.07) is 19.9. The maximum absolute atomic E-state index is 13.7. The molecule has 1 aliphatic heterocycles. The van der Waals surface area contributed by atoms with Crippen LogP contribution in [0.5, 0.6) is 5.75 Å². The van der Waals surface area contributed by atoms with Crippen molar-refractivity contribution in [3.63, 3.8) is 0 Å². The first-order valence-electron chi connectivity index (χ1n) is 11.3. The van der Waals surface area contributed by atoms with Gasteiger partial charge < -0.3 is 10.1 Å². The third kappa shape index (κ3) is 4.92. The van der Waals surface area contributed by atoms with Crippen LogP contribution in [0.15, 0.2) is 71.6 Å². The maximum atomic E-state index is 13.7. The molecule has 182 valence electrons. The second kappa shape index (κ2) is 10.1. The Morgan fingerprint density at radius 3 is 2.46 bits per heavy atom. The van der Waals surface area contributed by atoms with Gasteiger partial charge in [0.2, 0.25) is 0 Å². The lowest BCUT2D eigenvalue weighted by Gasteiger charge is -2.33. The number of hydrogen-bond donors (Lipinski definition) is 1. The van der Waals surface area contributed by atoms with Crippen LogP contribution < -0.4 is 14.4 Å². The molecular formula is C27H27ClN2O4S. The highest BCUT2D eigenvalue weighted by atomic mass is 35.5. The van der Waals surface area contributed by atoms with Crippen LogP contribution in [0, 0.1) is 13.8 Å². The molecule has 0 aliphatic carbocycles. The van der Waals surface area contributed by atoms with Crippen molar-refractivity contribution in [3.8, 4) is 5.75 Å². The minimum Gasteiger partial charge on any atom is -0.491 e. The number of nitrogens with zero attached hydrogens (tertiary/aromatic N) is 1. The number of carbonyl (C=O) groups excluding carboxylic acids is 1. The zero-order valence-electron chi connectivity index (χ0n) is 19.8. The smallest absolute Gasteiger partial charge is 0.270 e. The van der Waals surface area contributed by atoms with Gasteiger partial charge in [-0.25, -0.2) is 8.42 Å². The second-order valence-electron chi connectivity index (χ2n) is 8.27. The molecule has 3 aromatic rings. The molecule has 0 radical (unpaired) electrons. The zero-order valence-corrected chi connectivity index (χ0v) is 21.4. The first kappa shape index (κ1) is 24.8. The Kier molecular flexibility index (Phi) is 7.19. The third-order valence-corrected chi connectivity index (χ3v) is 7.98. The minimum atomic E-state index is -4.12. The molecule has 3 aromatic carbocycles. The summed E-state index contributed by atoms with van der Waals surface area (Å²) < 4.78 is 34.4. The molecule has 0 saturated carbocycles. The van der Waals surface area contributed by atoms with E-state index >= 15 is 0 Å². The van der Waals surface area contributed by atoms with E-state index < -0.39 is 15.9 Å². The average molecular weight is 511 g/mol. The minimum absolute atomic E-state index is 0.141. The quantitative estimate of drug-likeness (QED) is 0.450. The van der Waals surface area contributed by atoms with Crippen LogP contribution in [-0.2, 0) is 14.8 Å². The highest BCUT2D eigenvalue weighted by Crippen LogP contribution is 2.43. The Bertz CT molecular complexity index is 1400. The lowest BCUT2D eigenvalue weighted by Crippen LogP contribution is -2.42. The van der Waals surface area contributed by atoms with Crippen molar-refractivity contribution in [2.75, 3.05) is 24.0 Å². The Balaban J connectivity index is 1.70. The number of anilines is 1. The van der Waals surface area contributed by atoms with E-state index in [4.69, 9.17) is 16.3 Å². The number of rotatable bonds is 7. The number of benzene rings is 3. The summed E-state index contributed by atoms with van der Waals surface area (Å²) in [5, 5.41) is 3.19. The molecule has 35 heavy (non-hydrogen) atoms.